The van der Waals surface area contributed by atoms with Crippen LogP contribution < -0.4 is 0 Å². The molecule has 0 aliphatic rings. The summed E-state index contributed by atoms with van der Waals surface area (Å²) in [6.45, 7) is 0. The van der Waals surface area contributed by atoms with Gasteiger partial charge in [-0.2, -0.15) is 0 Å². The van der Waals surface area contributed by atoms with E-state index in [0.29, 0.717) is 0 Å². The summed E-state index contributed by atoms with van der Waals surface area (Å²) in [4.78, 5) is 15.3. The van der Waals surface area contributed by atoms with Crippen LogP contribution in [0.15, 0.2) is 55.1 Å². The predicted molar refractivity (Wildman–Crippen MR) is 70.8 cm³/mol. The van der Waals surface area contributed by atoms with Crippen molar-refractivity contribution < 1.29 is 15.0 Å². The topological polar surface area (TPSA) is 75.3 Å². The van der Waals surface area contributed by atoms with E-state index >= 15 is 0 Å². The summed E-state index contributed by atoms with van der Waals surface area (Å²) in [5, 5.41) is 18.5. The maximum atomic E-state index is 11.5. The molecule has 0 saturated carbocycles. The lowest BCUT2D eigenvalue weighted by Gasteiger charge is -1.97. The van der Waals surface area contributed by atoms with Gasteiger partial charge in [0.15, 0.2) is 11.5 Å². The van der Waals surface area contributed by atoms with Crippen LogP contribution >= 0.6 is 0 Å². The van der Waals surface area contributed by atoms with Gasteiger partial charge in [0.05, 0.1) is 0 Å². The number of aromatic nitrogens is 2. The summed E-state index contributed by atoms with van der Waals surface area (Å²) in [7, 11) is 0. The van der Waals surface area contributed by atoms with Gasteiger partial charge in [0, 0.05) is 18.5 Å². The van der Waals surface area contributed by atoms with Crippen molar-refractivity contribution in [3.8, 4) is 11.5 Å². The molecule has 5 heteroatoms. The Kier molecular flexibility index (Phi) is 3.78. The van der Waals surface area contributed by atoms with Gasteiger partial charge in [0.2, 0.25) is 0 Å². The van der Waals surface area contributed by atoms with Gasteiger partial charge in [-0.05, 0) is 17.7 Å². The summed E-state index contributed by atoms with van der Waals surface area (Å²) in [5.41, 5.74) is 0.718. The fourth-order valence-corrected chi connectivity index (χ4v) is 1.42. The molecule has 19 heavy (non-hydrogen) atoms. The summed E-state index contributed by atoms with van der Waals surface area (Å²) >= 11 is 0. The zero-order chi connectivity index (χ0) is 13.7. The molecule has 5 nitrogen and oxygen atoms in total. The van der Waals surface area contributed by atoms with Crippen LogP contribution in [0.3, 0.4) is 0 Å². The molecule has 0 radical (unpaired) electrons. The molecular weight excluding hydrogens is 244 g/mol. The number of benzene rings is 1. The number of imidazole rings is 1. The molecule has 1 aromatic heterocycles. The van der Waals surface area contributed by atoms with Crippen LogP contribution in [0.25, 0.3) is 6.08 Å². The lowest BCUT2D eigenvalue weighted by molar-refractivity contribution is 0.0968. The molecule has 2 rings (SSSR count). The number of phenolic OH excluding ortho intramolecular Hbond substituents is 2. The first-order chi connectivity index (χ1) is 9.16. The Morgan fingerprint density at radius 1 is 1.21 bits per heavy atom. The molecular formula is C14H12N2O3. The minimum Gasteiger partial charge on any atom is -0.504 e. The summed E-state index contributed by atoms with van der Waals surface area (Å²) in [6.07, 6.45) is 10.9. The Morgan fingerprint density at radius 2 is 2.05 bits per heavy atom. The second kappa shape index (κ2) is 5.68. The first kappa shape index (κ1) is 12.6. The third-order valence-corrected chi connectivity index (χ3v) is 2.40. The number of nitrogens with zero attached hydrogens (tertiary/aromatic N) is 2. The van der Waals surface area contributed by atoms with Crippen molar-refractivity contribution in [3.05, 3.63) is 60.7 Å². The highest BCUT2D eigenvalue weighted by molar-refractivity contribution is 5.90. The van der Waals surface area contributed by atoms with E-state index in [1.165, 1.54) is 35.3 Å². The maximum Gasteiger partial charge on any atom is 0.255 e. The van der Waals surface area contributed by atoms with Crippen LogP contribution in [0.5, 0.6) is 11.5 Å². The first-order valence-electron chi connectivity index (χ1n) is 5.56. The highest BCUT2D eigenvalue weighted by atomic mass is 16.3. The van der Waals surface area contributed by atoms with Gasteiger partial charge in [-0.25, -0.2) is 4.98 Å². The van der Waals surface area contributed by atoms with Crippen LogP contribution in [0.2, 0.25) is 0 Å². The fraction of sp³-hybridized carbons (Fsp3) is 0. The minimum atomic E-state index is -0.198. The molecule has 2 N–H and O–H groups in total. The Bertz CT molecular complexity index is 628. The SMILES string of the molecule is O=C(/C=C/C=C/c1ccc(O)c(O)c1)n1ccnc1. The molecule has 0 amide bonds. The maximum absolute atomic E-state index is 11.5. The van der Waals surface area contributed by atoms with Crippen molar-refractivity contribution in [2.75, 3.05) is 0 Å². The smallest absolute Gasteiger partial charge is 0.255 e. The molecule has 0 bridgehead atoms. The monoisotopic (exact) mass is 256 g/mol. The van der Waals surface area contributed by atoms with E-state index in [-0.39, 0.29) is 17.4 Å². The minimum absolute atomic E-state index is 0.164. The van der Waals surface area contributed by atoms with E-state index in [4.69, 9.17) is 5.11 Å². The highest BCUT2D eigenvalue weighted by Gasteiger charge is 1.98. The van der Waals surface area contributed by atoms with Gasteiger partial charge in [-0.3, -0.25) is 9.36 Å². The Balaban J connectivity index is 1.99. The number of hydrogen-bond donors (Lipinski definition) is 2. The van der Waals surface area contributed by atoms with Crippen molar-refractivity contribution in [2.24, 2.45) is 0 Å². The van der Waals surface area contributed by atoms with Gasteiger partial charge < -0.3 is 10.2 Å². The molecule has 0 saturated heterocycles. The molecule has 0 aliphatic heterocycles. The van der Waals surface area contributed by atoms with Crippen LogP contribution in [0, 0.1) is 0 Å². The molecule has 1 heterocycles. The van der Waals surface area contributed by atoms with Crippen molar-refractivity contribution >= 4 is 12.0 Å². The average molecular weight is 256 g/mol. The number of aromatic hydroxyl groups is 2. The molecule has 1 aromatic carbocycles. The number of rotatable bonds is 3. The van der Waals surface area contributed by atoms with E-state index in [1.54, 1.807) is 30.5 Å². The molecule has 0 unspecified atom stereocenters. The zero-order valence-electron chi connectivity index (χ0n) is 9.97. The van der Waals surface area contributed by atoms with Crippen LogP contribution in [-0.4, -0.2) is 25.7 Å². The zero-order valence-corrected chi connectivity index (χ0v) is 9.97. The van der Waals surface area contributed by atoms with Crippen LogP contribution in [-0.2, 0) is 0 Å². The average Bonchev–Trinajstić information content (AvgIpc) is 2.92. The van der Waals surface area contributed by atoms with Crippen LogP contribution in [0.1, 0.15) is 10.4 Å². The lowest BCUT2D eigenvalue weighted by Crippen LogP contribution is -2.03. The molecule has 0 aliphatic carbocycles. The Morgan fingerprint density at radius 3 is 2.74 bits per heavy atom. The summed E-state index contributed by atoms with van der Waals surface area (Å²) in [5.74, 6) is -0.542. The van der Waals surface area contributed by atoms with Crippen molar-refractivity contribution in [1.29, 1.82) is 0 Å². The number of allylic oxidation sites excluding steroid dienone is 3. The summed E-state index contributed by atoms with van der Waals surface area (Å²) in [6, 6.07) is 4.48. The molecule has 0 fully saturated rings. The second-order valence-electron chi connectivity index (χ2n) is 3.77. The normalized spacial score (nSPS) is 11.4. The Hall–Kier alpha value is -2.82. The van der Waals surface area contributed by atoms with E-state index < -0.39 is 0 Å². The second-order valence-corrected chi connectivity index (χ2v) is 3.77. The molecule has 2 aromatic rings. The van der Waals surface area contributed by atoms with E-state index in [2.05, 4.69) is 4.98 Å². The quantitative estimate of drug-likeness (QED) is 0.501. The number of phenols is 2. The van der Waals surface area contributed by atoms with Gasteiger partial charge in [-0.15, -0.1) is 0 Å². The molecule has 0 spiro atoms. The first-order valence-corrected chi connectivity index (χ1v) is 5.56. The highest BCUT2D eigenvalue weighted by Crippen LogP contribution is 2.25. The lowest BCUT2D eigenvalue weighted by atomic mass is 10.2. The van der Waals surface area contributed by atoms with Gasteiger partial charge in [0.1, 0.15) is 6.33 Å². The largest absolute Gasteiger partial charge is 0.504 e. The molecule has 96 valence electrons. The summed E-state index contributed by atoms with van der Waals surface area (Å²) < 4.78 is 1.36. The van der Waals surface area contributed by atoms with Crippen LogP contribution in [0.4, 0.5) is 0 Å². The van der Waals surface area contributed by atoms with Crippen molar-refractivity contribution in [1.82, 2.24) is 9.55 Å². The van der Waals surface area contributed by atoms with Gasteiger partial charge in [0.25, 0.3) is 5.91 Å². The van der Waals surface area contributed by atoms with Crippen molar-refractivity contribution in [2.45, 2.75) is 0 Å². The fourth-order valence-electron chi connectivity index (χ4n) is 1.42. The third-order valence-electron chi connectivity index (χ3n) is 2.40. The Labute approximate surface area is 109 Å². The van der Waals surface area contributed by atoms with E-state index in [1.807, 2.05) is 0 Å². The number of hydrogen-bond acceptors (Lipinski definition) is 4. The number of carbonyl (C=O) groups excluding carboxylic acids is 1. The van der Waals surface area contributed by atoms with Crippen molar-refractivity contribution in [3.63, 3.8) is 0 Å². The van der Waals surface area contributed by atoms with Gasteiger partial charge in [-0.1, -0.05) is 24.3 Å². The van der Waals surface area contributed by atoms with Gasteiger partial charge >= 0.3 is 0 Å². The number of carbonyl (C=O) groups is 1. The van der Waals surface area contributed by atoms with E-state index in [0.717, 1.165) is 5.56 Å². The predicted octanol–water partition coefficient (Wildman–Crippen LogP) is 2.20. The van der Waals surface area contributed by atoms with E-state index in [9.17, 15) is 9.90 Å². The standard InChI is InChI=1S/C14H12N2O3/c17-12-6-5-11(9-13(12)18)3-1-2-4-14(19)16-8-7-15-10-16/h1-10,17-18H/b3-1+,4-2+. The molecule has 0 atom stereocenters. The third kappa shape index (κ3) is 3.32.